The second-order valence-corrected chi connectivity index (χ2v) is 10.5. The number of rotatable bonds is 6. The van der Waals surface area contributed by atoms with Crippen LogP contribution in [0, 0.1) is 64.1 Å². The first-order valence-corrected chi connectivity index (χ1v) is 10.1. The van der Waals surface area contributed by atoms with Crippen molar-refractivity contribution < 1.29 is 0 Å². The summed E-state index contributed by atoms with van der Waals surface area (Å²) in [7, 11) is 0. The van der Waals surface area contributed by atoms with Crippen molar-refractivity contribution in [1.29, 1.82) is 0 Å². The maximum Gasteiger partial charge on any atom is -0.0287 e. The average molecular weight is 305 g/mol. The Labute approximate surface area is 139 Å². The van der Waals surface area contributed by atoms with E-state index >= 15 is 0 Å². The van der Waals surface area contributed by atoms with E-state index in [1.807, 2.05) is 0 Å². The Morgan fingerprint density at radius 1 is 0.545 bits per heavy atom. The molecule has 3 rings (SSSR count). The Morgan fingerprint density at radius 3 is 1.09 bits per heavy atom. The van der Waals surface area contributed by atoms with Gasteiger partial charge in [-0.15, -0.1) is 0 Å². The smallest absolute Gasteiger partial charge is 0.0287 e. The molecule has 0 bridgehead atoms. The molecule has 0 aromatic rings. The molecular formula is C22H40. The van der Waals surface area contributed by atoms with Gasteiger partial charge in [-0.3, -0.25) is 0 Å². The highest BCUT2D eigenvalue weighted by Gasteiger charge is 2.70. The van der Waals surface area contributed by atoms with Gasteiger partial charge in [0.2, 0.25) is 0 Å². The van der Waals surface area contributed by atoms with E-state index in [2.05, 4.69) is 62.3 Å². The molecule has 8 unspecified atom stereocenters. The minimum absolute atomic E-state index is 0.557. The lowest BCUT2D eigenvalue weighted by Gasteiger charge is -2.32. The summed E-state index contributed by atoms with van der Waals surface area (Å²) in [5.74, 6) is 8.83. The van der Waals surface area contributed by atoms with E-state index < -0.39 is 0 Å². The summed E-state index contributed by atoms with van der Waals surface area (Å²) in [6.45, 7) is 22.8. The van der Waals surface area contributed by atoms with Gasteiger partial charge in [-0.05, 0) is 64.1 Å². The molecule has 3 saturated carbocycles. The summed E-state index contributed by atoms with van der Waals surface area (Å²) in [5.41, 5.74) is 1.11. The first-order valence-electron chi connectivity index (χ1n) is 10.1. The van der Waals surface area contributed by atoms with Crippen molar-refractivity contribution in [3.63, 3.8) is 0 Å². The van der Waals surface area contributed by atoms with E-state index in [1.165, 1.54) is 12.8 Å². The fourth-order valence-corrected chi connectivity index (χ4v) is 7.99. The maximum absolute atomic E-state index is 2.61. The van der Waals surface area contributed by atoms with E-state index in [9.17, 15) is 0 Å². The van der Waals surface area contributed by atoms with Crippen LogP contribution in [-0.2, 0) is 0 Å². The van der Waals surface area contributed by atoms with Crippen LogP contribution in [-0.4, -0.2) is 0 Å². The molecule has 3 aliphatic carbocycles. The second-order valence-electron chi connectivity index (χ2n) is 10.5. The number of hydrogen-bond acceptors (Lipinski definition) is 0. The third-order valence-electron chi connectivity index (χ3n) is 8.88. The fraction of sp³-hybridized carbons (Fsp3) is 1.00. The zero-order valence-corrected chi connectivity index (χ0v) is 16.6. The molecule has 3 fully saturated rings. The summed E-state index contributed by atoms with van der Waals surface area (Å²) in [6, 6.07) is 0. The molecule has 0 spiro atoms. The minimum Gasteiger partial charge on any atom is -0.0651 e. The molecule has 22 heavy (non-hydrogen) atoms. The van der Waals surface area contributed by atoms with Crippen LogP contribution >= 0.6 is 0 Å². The largest absolute Gasteiger partial charge is 0.0651 e. The second kappa shape index (κ2) is 5.00. The zero-order valence-electron chi connectivity index (χ0n) is 16.6. The van der Waals surface area contributed by atoms with Crippen molar-refractivity contribution in [1.82, 2.24) is 0 Å². The van der Waals surface area contributed by atoms with E-state index in [-0.39, 0.29) is 0 Å². The minimum atomic E-state index is 0.557. The van der Waals surface area contributed by atoms with Crippen molar-refractivity contribution in [2.45, 2.75) is 75.2 Å². The average Bonchev–Trinajstić information content (AvgIpc) is 3.32. The predicted molar refractivity (Wildman–Crippen MR) is 96.6 cm³/mol. The van der Waals surface area contributed by atoms with Gasteiger partial charge in [0, 0.05) is 0 Å². The first kappa shape index (κ1) is 16.8. The van der Waals surface area contributed by atoms with E-state index in [0.29, 0.717) is 10.8 Å². The summed E-state index contributed by atoms with van der Waals surface area (Å²) < 4.78 is 0. The summed E-state index contributed by atoms with van der Waals surface area (Å²) in [4.78, 5) is 0. The third kappa shape index (κ3) is 2.15. The topological polar surface area (TPSA) is 0 Å². The van der Waals surface area contributed by atoms with Gasteiger partial charge in [-0.25, -0.2) is 0 Å². The molecule has 0 aliphatic heterocycles. The quantitative estimate of drug-likeness (QED) is 0.525. The van der Waals surface area contributed by atoms with Crippen LogP contribution < -0.4 is 0 Å². The van der Waals surface area contributed by atoms with Gasteiger partial charge < -0.3 is 0 Å². The van der Waals surface area contributed by atoms with Gasteiger partial charge in [-0.2, -0.15) is 0 Å². The normalized spacial score (nSPS) is 50.9. The summed E-state index contributed by atoms with van der Waals surface area (Å²) in [6.07, 6.45) is 2.78. The van der Waals surface area contributed by atoms with E-state index in [0.717, 1.165) is 53.3 Å². The molecule has 0 aromatic heterocycles. The van der Waals surface area contributed by atoms with E-state index in [1.54, 1.807) is 0 Å². The standard InChI is InChI=1S/C22H40/c1-10-15-12(3)17(15)21(6,7)19-14(5)20(19)22(8,9)18-13(4)16(18)11-2/h12-20H,10-11H2,1-9H3. The molecule has 8 atom stereocenters. The Morgan fingerprint density at radius 2 is 0.864 bits per heavy atom. The summed E-state index contributed by atoms with van der Waals surface area (Å²) in [5, 5.41) is 0. The highest BCUT2D eigenvalue weighted by atomic mass is 14.7. The molecule has 128 valence electrons. The van der Waals surface area contributed by atoms with Crippen molar-refractivity contribution in [3.8, 4) is 0 Å². The Balaban J connectivity index is 1.73. The molecular weight excluding hydrogens is 264 g/mol. The molecule has 0 aromatic carbocycles. The maximum atomic E-state index is 2.61. The molecule has 0 N–H and O–H groups in total. The fourth-order valence-electron chi connectivity index (χ4n) is 7.99. The van der Waals surface area contributed by atoms with Crippen LogP contribution in [0.1, 0.15) is 75.2 Å². The molecule has 0 radical (unpaired) electrons. The van der Waals surface area contributed by atoms with Crippen molar-refractivity contribution in [3.05, 3.63) is 0 Å². The van der Waals surface area contributed by atoms with Crippen LogP contribution in [0.2, 0.25) is 0 Å². The van der Waals surface area contributed by atoms with Crippen LogP contribution in [0.3, 0.4) is 0 Å². The van der Waals surface area contributed by atoms with E-state index in [4.69, 9.17) is 0 Å². The summed E-state index contributed by atoms with van der Waals surface area (Å²) >= 11 is 0. The lowest BCUT2D eigenvalue weighted by atomic mass is 9.72. The molecule has 0 saturated heterocycles. The van der Waals surface area contributed by atoms with Gasteiger partial charge in [0.15, 0.2) is 0 Å². The molecule has 0 heterocycles. The van der Waals surface area contributed by atoms with Gasteiger partial charge in [-0.1, -0.05) is 75.2 Å². The van der Waals surface area contributed by atoms with Gasteiger partial charge in [0.1, 0.15) is 0 Å². The molecule has 3 aliphatic rings. The van der Waals surface area contributed by atoms with Crippen molar-refractivity contribution in [2.75, 3.05) is 0 Å². The first-order chi connectivity index (χ1) is 10.1. The van der Waals surface area contributed by atoms with Crippen molar-refractivity contribution >= 4 is 0 Å². The Hall–Kier alpha value is 0. The molecule has 0 heteroatoms. The lowest BCUT2D eigenvalue weighted by Crippen LogP contribution is -2.26. The highest BCUT2D eigenvalue weighted by molar-refractivity contribution is 5.17. The molecule has 0 amide bonds. The van der Waals surface area contributed by atoms with Crippen LogP contribution in [0.4, 0.5) is 0 Å². The van der Waals surface area contributed by atoms with Crippen LogP contribution in [0.5, 0.6) is 0 Å². The number of hydrogen-bond donors (Lipinski definition) is 0. The zero-order chi connectivity index (χ0) is 16.6. The van der Waals surface area contributed by atoms with Gasteiger partial charge in [0.25, 0.3) is 0 Å². The van der Waals surface area contributed by atoms with Crippen LogP contribution in [0.15, 0.2) is 0 Å². The SMILES string of the molecule is CCC1C(C)C1C(C)(C)C1C(C)C1C(C)(C)C1C(C)C1CC. The van der Waals surface area contributed by atoms with Gasteiger partial charge in [0.05, 0.1) is 0 Å². The third-order valence-corrected chi connectivity index (χ3v) is 8.88. The Kier molecular flexibility index (Phi) is 3.83. The van der Waals surface area contributed by atoms with Gasteiger partial charge >= 0.3 is 0 Å². The molecule has 0 nitrogen and oxygen atoms in total. The monoisotopic (exact) mass is 304 g/mol. The van der Waals surface area contributed by atoms with Crippen molar-refractivity contribution in [2.24, 2.45) is 64.1 Å². The Bertz CT molecular complexity index is 391. The lowest BCUT2D eigenvalue weighted by molar-refractivity contribution is 0.158. The van der Waals surface area contributed by atoms with Crippen LogP contribution in [0.25, 0.3) is 0 Å². The predicted octanol–water partition coefficient (Wildman–Crippen LogP) is 6.51. The highest BCUT2D eigenvalue weighted by Crippen LogP contribution is 2.75.